The van der Waals surface area contributed by atoms with Gasteiger partial charge in [-0.2, -0.15) is 11.8 Å². The molecule has 1 atom stereocenters. The van der Waals surface area contributed by atoms with E-state index in [1.807, 2.05) is 30.0 Å². The maximum absolute atomic E-state index is 10.4. The van der Waals surface area contributed by atoms with Gasteiger partial charge in [-0.05, 0) is 36.6 Å². The van der Waals surface area contributed by atoms with Crippen molar-refractivity contribution in [2.75, 3.05) is 11.5 Å². The summed E-state index contributed by atoms with van der Waals surface area (Å²) in [4.78, 5) is 10.4. The minimum Gasteiger partial charge on any atom is -0.489 e. The van der Waals surface area contributed by atoms with Crippen LogP contribution in [0.1, 0.15) is 24.8 Å². The lowest BCUT2D eigenvalue weighted by Crippen LogP contribution is -2.23. The normalized spacial score (nSPS) is 19.9. The highest BCUT2D eigenvalue weighted by Crippen LogP contribution is 2.25. The van der Waals surface area contributed by atoms with Crippen LogP contribution >= 0.6 is 11.8 Å². The van der Waals surface area contributed by atoms with Gasteiger partial charge in [0, 0.05) is 12.2 Å². The number of hydrogen-bond donors (Lipinski definition) is 0. The van der Waals surface area contributed by atoms with E-state index in [2.05, 4.69) is 6.07 Å². The zero-order chi connectivity index (χ0) is 11.9. The fraction of sp³-hybridized carbons (Fsp3) is 0.500. The predicted molar refractivity (Wildman–Crippen MR) is 71.8 cm³/mol. The number of carbonyl (C=O) groups is 1. The molecule has 0 N–H and O–H groups in total. The molecular formula is C14H18O2S. The Kier molecular flexibility index (Phi) is 4.92. The molecule has 0 spiro atoms. The van der Waals surface area contributed by atoms with Gasteiger partial charge in [-0.15, -0.1) is 0 Å². The molecule has 2 nitrogen and oxygen atoms in total. The maximum Gasteiger partial charge on any atom is 0.122 e. The zero-order valence-corrected chi connectivity index (χ0v) is 10.7. The Bertz CT molecular complexity index is 359. The first-order valence-corrected chi connectivity index (χ1v) is 7.31. The Balaban J connectivity index is 2.00. The second kappa shape index (κ2) is 6.70. The van der Waals surface area contributed by atoms with Gasteiger partial charge in [0.1, 0.15) is 18.1 Å². The van der Waals surface area contributed by atoms with Crippen molar-refractivity contribution in [1.82, 2.24) is 0 Å². The molecule has 0 bridgehead atoms. The van der Waals surface area contributed by atoms with Gasteiger partial charge in [-0.3, -0.25) is 0 Å². The second-order valence-electron chi connectivity index (χ2n) is 4.27. The van der Waals surface area contributed by atoms with E-state index in [0.29, 0.717) is 12.5 Å². The van der Waals surface area contributed by atoms with E-state index in [0.717, 1.165) is 36.2 Å². The number of aryl methyl sites for hydroxylation is 1. The number of carbonyl (C=O) groups excluding carboxylic acids is 1. The molecule has 92 valence electrons. The first-order chi connectivity index (χ1) is 8.40. The third-order valence-electron chi connectivity index (χ3n) is 2.92. The number of ether oxygens (including phenoxy) is 1. The van der Waals surface area contributed by atoms with Crippen molar-refractivity contribution in [2.45, 2.75) is 31.8 Å². The van der Waals surface area contributed by atoms with E-state index < -0.39 is 0 Å². The number of para-hydroxylation sites is 1. The van der Waals surface area contributed by atoms with Crippen LogP contribution in [0.2, 0.25) is 0 Å². The summed E-state index contributed by atoms with van der Waals surface area (Å²) < 4.78 is 6.05. The number of aldehydes is 1. The van der Waals surface area contributed by atoms with Crippen LogP contribution in [0.25, 0.3) is 0 Å². The largest absolute Gasteiger partial charge is 0.489 e. The second-order valence-corrected chi connectivity index (χ2v) is 5.42. The summed E-state index contributed by atoms with van der Waals surface area (Å²) in [5, 5.41) is 0. The molecule has 0 aromatic heterocycles. The minimum absolute atomic E-state index is 0.339. The lowest BCUT2D eigenvalue weighted by molar-refractivity contribution is -0.107. The summed E-state index contributed by atoms with van der Waals surface area (Å²) in [5.41, 5.74) is 1.15. The van der Waals surface area contributed by atoms with Gasteiger partial charge < -0.3 is 9.53 Å². The Labute approximate surface area is 107 Å². The van der Waals surface area contributed by atoms with E-state index in [9.17, 15) is 4.79 Å². The molecule has 0 aliphatic carbocycles. The first kappa shape index (κ1) is 12.5. The summed E-state index contributed by atoms with van der Waals surface area (Å²) >= 11 is 1.96. The molecule has 3 heteroatoms. The van der Waals surface area contributed by atoms with Gasteiger partial charge in [-0.25, -0.2) is 0 Å². The molecule has 1 unspecified atom stereocenters. The Morgan fingerprint density at radius 2 is 2.29 bits per heavy atom. The highest BCUT2D eigenvalue weighted by atomic mass is 32.2. The SMILES string of the molecule is O=CCCc1ccccc1OC1CCCSC1. The van der Waals surface area contributed by atoms with Crippen LogP contribution in [0.3, 0.4) is 0 Å². The van der Waals surface area contributed by atoms with E-state index in [4.69, 9.17) is 4.74 Å². The van der Waals surface area contributed by atoms with Crippen molar-refractivity contribution in [1.29, 1.82) is 0 Å². The van der Waals surface area contributed by atoms with Crippen molar-refractivity contribution in [3.05, 3.63) is 29.8 Å². The lowest BCUT2D eigenvalue weighted by atomic mass is 10.1. The predicted octanol–water partition coefficient (Wildman–Crippen LogP) is 3.09. The summed E-state index contributed by atoms with van der Waals surface area (Å²) in [6.45, 7) is 0. The summed E-state index contributed by atoms with van der Waals surface area (Å²) in [7, 11) is 0. The number of rotatable bonds is 5. The molecule has 1 saturated heterocycles. The van der Waals surface area contributed by atoms with Crippen LogP contribution in [0, 0.1) is 0 Å². The summed E-state index contributed by atoms with van der Waals surface area (Å²) in [6, 6.07) is 8.06. The molecule has 1 aliphatic rings. The minimum atomic E-state index is 0.339. The molecule has 1 heterocycles. The molecule has 0 amide bonds. The van der Waals surface area contributed by atoms with Crippen molar-refractivity contribution in [2.24, 2.45) is 0 Å². The van der Waals surface area contributed by atoms with E-state index >= 15 is 0 Å². The smallest absolute Gasteiger partial charge is 0.122 e. The van der Waals surface area contributed by atoms with Crippen LogP contribution in [0.15, 0.2) is 24.3 Å². The summed E-state index contributed by atoms with van der Waals surface area (Å²) in [6.07, 6.45) is 5.04. The van der Waals surface area contributed by atoms with Crippen LogP contribution in [-0.4, -0.2) is 23.9 Å². The van der Waals surface area contributed by atoms with E-state index in [1.54, 1.807) is 0 Å². The standard InChI is InChI=1S/C14H18O2S/c15-9-3-6-12-5-1-2-8-14(12)16-13-7-4-10-17-11-13/h1-2,5,8-9,13H,3-4,6-7,10-11H2. The summed E-state index contributed by atoms with van der Waals surface area (Å²) in [5.74, 6) is 3.30. The Morgan fingerprint density at radius 3 is 3.06 bits per heavy atom. The third kappa shape index (κ3) is 3.77. The maximum atomic E-state index is 10.4. The van der Waals surface area contributed by atoms with Gasteiger partial charge in [0.2, 0.25) is 0 Å². The topological polar surface area (TPSA) is 26.3 Å². The Morgan fingerprint density at radius 1 is 1.41 bits per heavy atom. The van der Waals surface area contributed by atoms with Crippen molar-refractivity contribution in [3.63, 3.8) is 0 Å². The highest BCUT2D eigenvalue weighted by molar-refractivity contribution is 7.99. The van der Waals surface area contributed by atoms with E-state index in [1.165, 1.54) is 12.2 Å². The number of benzene rings is 1. The molecule has 1 aromatic carbocycles. The zero-order valence-electron chi connectivity index (χ0n) is 9.93. The van der Waals surface area contributed by atoms with Gasteiger partial charge in [0.05, 0.1) is 0 Å². The van der Waals surface area contributed by atoms with Crippen molar-refractivity contribution >= 4 is 18.0 Å². The van der Waals surface area contributed by atoms with Crippen LogP contribution in [0.4, 0.5) is 0 Å². The van der Waals surface area contributed by atoms with Crippen LogP contribution in [-0.2, 0) is 11.2 Å². The lowest BCUT2D eigenvalue weighted by Gasteiger charge is -2.24. The number of thioether (sulfide) groups is 1. The Hall–Kier alpha value is -0.960. The monoisotopic (exact) mass is 250 g/mol. The molecule has 0 saturated carbocycles. The van der Waals surface area contributed by atoms with Crippen molar-refractivity contribution in [3.8, 4) is 5.75 Å². The molecular weight excluding hydrogens is 232 g/mol. The fourth-order valence-corrected chi connectivity index (χ4v) is 3.06. The molecule has 0 radical (unpaired) electrons. The van der Waals surface area contributed by atoms with Gasteiger partial charge in [0.25, 0.3) is 0 Å². The molecule has 1 fully saturated rings. The molecule has 1 aromatic rings. The third-order valence-corrected chi connectivity index (χ3v) is 4.10. The van der Waals surface area contributed by atoms with Crippen molar-refractivity contribution < 1.29 is 9.53 Å². The van der Waals surface area contributed by atoms with Crippen LogP contribution in [0.5, 0.6) is 5.75 Å². The highest BCUT2D eigenvalue weighted by Gasteiger charge is 2.16. The fourth-order valence-electron chi connectivity index (χ4n) is 2.02. The molecule has 17 heavy (non-hydrogen) atoms. The average Bonchev–Trinajstić information content (AvgIpc) is 2.39. The van der Waals surface area contributed by atoms with Gasteiger partial charge in [-0.1, -0.05) is 18.2 Å². The quantitative estimate of drug-likeness (QED) is 0.751. The van der Waals surface area contributed by atoms with E-state index in [-0.39, 0.29) is 0 Å². The first-order valence-electron chi connectivity index (χ1n) is 6.16. The van der Waals surface area contributed by atoms with Gasteiger partial charge in [0.15, 0.2) is 0 Å². The van der Waals surface area contributed by atoms with Crippen LogP contribution < -0.4 is 4.74 Å². The average molecular weight is 250 g/mol. The molecule has 2 rings (SSSR count). The molecule has 1 aliphatic heterocycles. The van der Waals surface area contributed by atoms with Gasteiger partial charge >= 0.3 is 0 Å². The number of hydrogen-bond acceptors (Lipinski definition) is 3.